The van der Waals surface area contributed by atoms with Gasteiger partial charge in [0.25, 0.3) is 0 Å². The van der Waals surface area contributed by atoms with Crippen LogP contribution in [0, 0.1) is 0 Å². The number of hydrogen-bond acceptors (Lipinski definition) is 4. The number of phenolic OH excluding ortho intramolecular Hbond substituents is 2. The zero-order chi connectivity index (χ0) is 34.5. The first-order chi connectivity index (χ1) is 21.3. The van der Waals surface area contributed by atoms with E-state index in [1.807, 2.05) is 12.4 Å². The molecule has 1 saturated carbocycles. The second-order valence-electron chi connectivity index (χ2n) is 17.4. The first-order valence-electron chi connectivity index (χ1n) is 18.1. The second-order valence-corrected chi connectivity index (χ2v) is 27.1. The van der Waals surface area contributed by atoms with Gasteiger partial charge in [-0.15, -0.1) is 0 Å². The van der Waals surface area contributed by atoms with Gasteiger partial charge in [-0.3, -0.25) is 9.98 Å². The third kappa shape index (κ3) is 9.68. The summed E-state index contributed by atoms with van der Waals surface area (Å²) in [6.45, 7) is 27.4. The summed E-state index contributed by atoms with van der Waals surface area (Å²) in [5, 5.41) is 25.8. The van der Waals surface area contributed by atoms with Crippen LogP contribution >= 0.6 is 0 Å². The van der Waals surface area contributed by atoms with Crippen molar-refractivity contribution < 1.29 is 10.2 Å². The van der Waals surface area contributed by atoms with E-state index < -0.39 is 16.1 Å². The first kappa shape index (κ1) is 38.3. The summed E-state index contributed by atoms with van der Waals surface area (Å²) in [5.41, 5.74) is 3.38. The van der Waals surface area contributed by atoms with Gasteiger partial charge < -0.3 is 10.2 Å². The smallest absolute Gasteiger partial charge is 0.128 e. The number of hydrogen-bond donors (Lipinski definition) is 2. The molecule has 4 nitrogen and oxygen atoms in total. The van der Waals surface area contributed by atoms with Crippen molar-refractivity contribution in [2.45, 2.75) is 168 Å². The van der Waals surface area contributed by atoms with E-state index in [0.29, 0.717) is 11.5 Å². The van der Waals surface area contributed by atoms with Crippen molar-refractivity contribution in [1.82, 2.24) is 0 Å². The van der Waals surface area contributed by atoms with Crippen molar-refractivity contribution in [1.29, 1.82) is 0 Å². The number of aliphatic imine (C=N–C) groups is 2. The maximum atomic E-state index is 11.5. The van der Waals surface area contributed by atoms with E-state index in [1.165, 1.54) is 48.1 Å². The Bertz CT molecular complexity index is 1270. The van der Waals surface area contributed by atoms with E-state index in [-0.39, 0.29) is 22.9 Å². The predicted molar refractivity (Wildman–Crippen MR) is 209 cm³/mol. The van der Waals surface area contributed by atoms with Gasteiger partial charge in [-0.05, 0) is 34.8 Å². The molecule has 1 aliphatic rings. The quantitative estimate of drug-likeness (QED) is 0.176. The molecule has 1 fully saturated rings. The standard InChI is InChI=1S/C40H66N2O2Si2/c1-13-15-21-45(9,10)31-23-29(37(43)33(25-31)39(3,4)5)27-41-35-19-17-18-20-36(35)42-28-30-24-32(46(11,12)22-16-14-2)26-34(38(30)44)40(6,7)8/h23-28,35-36,43-44H,13-22H2,1-12H3. The van der Waals surface area contributed by atoms with Crippen molar-refractivity contribution in [3.8, 4) is 11.5 Å². The number of rotatable bonds is 12. The van der Waals surface area contributed by atoms with Gasteiger partial charge in [0.2, 0.25) is 0 Å². The van der Waals surface area contributed by atoms with Crippen LogP contribution in [0.1, 0.15) is 129 Å². The molecule has 2 N–H and O–H groups in total. The van der Waals surface area contributed by atoms with Gasteiger partial charge in [0, 0.05) is 23.6 Å². The van der Waals surface area contributed by atoms with Crippen molar-refractivity contribution in [3.63, 3.8) is 0 Å². The number of nitrogens with zero attached hydrogens (tertiary/aromatic N) is 2. The van der Waals surface area contributed by atoms with Crippen LogP contribution in [0.25, 0.3) is 0 Å². The van der Waals surface area contributed by atoms with Crippen LogP contribution in [0.2, 0.25) is 38.3 Å². The minimum Gasteiger partial charge on any atom is -0.507 e. The molecule has 0 spiro atoms. The lowest BCUT2D eigenvalue weighted by Gasteiger charge is -2.29. The fourth-order valence-electron chi connectivity index (χ4n) is 6.75. The molecule has 3 rings (SSSR count). The van der Waals surface area contributed by atoms with Crippen LogP contribution in [0.4, 0.5) is 0 Å². The van der Waals surface area contributed by atoms with E-state index in [9.17, 15) is 10.2 Å². The summed E-state index contributed by atoms with van der Waals surface area (Å²) in [6.07, 6.45) is 13.0. The molecular weight excluding hydrogens is 597 g/mol. The molecule has 0 aromatic heterocycles. The van der Waals surface area contributed by atoms with E-state index in [0.717, 1.165) is 47.9 Å². The van der Waals surface area contributed by atoms with Gasteiger partial charge in [0.1, 0.15) is 11.5 Å². The Morgan fingerprint density at radius 2 is 1.00 bits per heavy atom. The average molecular weight is 663 g/mol. The highest BCUT2D eigenvalue weighted by Gasteiger charge is 2.30. The van der Waals surface area contributed by atoms with Crippen LogP contribution < -0.4 is 10.4 Å². The third-order valence-corrected chi connectivity index (χ3v) is 17.2. The molecular formula is C40H66N2O2Si2. The van der Waals surface area contributed by atoms with Gasteiger partial charge >= 0.3 is 0 Å². The molecule has 1 aliphatic carbocycles. The first-order valence-corrected chi connectivity index (χ1v) is 24.6. The monoisotopic (exact) mass is 662 g/mol. The van der Waals surface area contributed by atoms with Gasteiger partial charge in [0.15, 0.2) is 0 Å². The van der Waals surface area contributed by atoms with Gasteiger partial charge in [-0.25, -0.2) is 0 Å². The van der Waals surface area contributed by atoms with Crippen LogP contribution in [0.5, 0.6) is 11.5 Å². The lowest BCUT2D eigenvalue weighted by Crippen LogP contribution is -2.42. The molecule has 0 heterocycles. The summed E-state index contributed by atoms with van der Waals surface area (Å²) in [4.78, 5) is 10.3. The molecule has 0 aliphatic heterocycles. The molecule has 256 valence electrons. The largest absolute Gasteiger partial charge is 0.507 e. The Morgan fingerprint density at radius 3 is 1.30 bits per heavy atom. The Labute approximate surface area is 284 Å². The van der Waals surface area contributed by atoms with Crippen molar-refractivity contribution in [3.05, 3.63) is 46.5 Å². The predicted octanol–water partition coefficient (Wildman–Crippen LogP) is 9.97. The minimum absolute atomic E-state index is 0.0549. The molecule has 2 aromatic rings. The zero-order valence-corrected chi connectivity index (χ0v) is 33.5. The van der Waals surface area contributed by atoms with Crippen molar-refractivity contribution in [2.75, 3.05) is 0 Å². The normalized spacial score (nSPS) is 18.6. The maximum absolute atomic E-state index is 11.5. The lowest BCUT2D eigenvalue weighted by atomic mass is 9.85. The summed E-state index contributed by atoms with van der Waals surface area (Å²) in [5.74, 6) is 0.727. The van der Waals surface area contributed by atoms with E-state index in [4.69, 9.17) is 9.98 Å². The third-order valence-electron chi connectivity index (χ3n) is 10.3. The van der Waals surface area contributed by atoms with Crippen LogP contribution in [-0.2, 0) is 10.8 Å². The van der Waals surface area contributed by atoms with E-state index >= 15 is 0 Å². The molecule has 0 saturated heterocycles. The Morgan fingerprint density at radius 1 is 0.652 bits per heavy atom. The lowest BCUT2D eigenvalue weighted by molar-refractivity contribution is 0.390. The molecule has 2 atom stereocenters. The topological polar surface area (TPSA) is 65.2 Å². The molecule has 2 unspecified atom stereocenters. The minimum atomic E-state index is -1.66. The Kier molecular flexibility index (Phi) is 12.8. The Hall–Kier alpha value is -2.19. The van der Waals surface area contributed by atoms with Gasteiger partial charge in [-0.2, -0.15) is 0 Å². The molecule has 0 amide bonds. The highest BCUT2D eigenvalue weighted by molar-refractivity contribution is 6.90. The van der Waals surface area contributed by atoms with Gasteiger partial charge in [-0.1, -0.05) is 167 Å². The van der Waals surface area contributed by atoms with Crippen LogP contribution in [-0.4, -0.2) is 50.9 Å². The molecule has 46 heavy (non-hydrogen) atoms. The molecule has 6 heteroatoms. The highest BCUT2D eigenvalue weighted by atomic mass is 28.3. The second kappa shape index (κ2) is 15.4. The van der Waals surface area contributed by atoms with E-state index in [1.54, 1.807) is 0 Å². The fourth-order valence-corrected chi connectivity index (χ4v) is 12.0. The summed E-state index contributed by atoms with van der Waals surface area (Å²) in [7, 11) is -3.33. The van der Waals surface area contributed by atoms with Crippen LogP contribution in [0.3, 0.4) is 0 Å². The molecule has 2 aromatic carbocycles. The summed E-state index contributed by atoms with van der Waals surface area (Å²) >= 11 is 0. The number of benzene rings is 2. The zero-order valence-electron chi connectivity index (χ0n) is 31.5. The van der Waals surface area contributed by atoms with Gasteiger partial charge in [0.05, 0.1) is 28.2 Å². The SMILES string of the molecule is CCCC[Si](C)(C)c1cc(C=NC2CCCCC2N=Cc2cc([Si](C)(C)CCCC)cc(C(C)(C)C)c2O)c(O)c(C(C)(C)C)c1. The summed E-state index contributed by atoms with van der Waals surface area (Å²) in [6, 6.07) is 11.6. The van der Waals surface area contributed by atoms with E-state index in [2.05, 4.69) is 106 Å². The van der Waals surface area contributed by atoms with Crippen molar-refractivity contribution >= 4 is 39.0 Å². The number of phenols is 2. The molecule has 0 bridgehead atoms. The fraction of sp³-hybridized carbons (Fsp3) is 0.650. The van der Waals surface area contributed by atoms with Crippen LogP contribution in [0.15, 0.2) is 34.3 Å². The molecule has 0 radical (unpaired) electrons. The Balaban J connectivity index is 2.01. The highest BCUT2D eigenvalue weighted by Crippen LogP contribution is 2.35. The number of aromatic hydroxyl groups is 2. The average Bonchev–Trinajstić information content (AvgIpc) is 2.97. The maximum Gasteiger partial charge on any atom is 0.128 e. The van der Waals surface area contributed by atoms with Crippen molar-refractivity contribution in [2.24, 2.45) is 9.98 Å². The number of unbranched alkanes of at least 4 members (excludes halogenated alkanes) is 2. The summed E-state index contributed by atoms with van der Waals surface area (Å²) < 4.78 is 0.